The van der Waals surface area contributed by atoms with E-state index in [0.29, 0.717) is 20.4 Å². The van der Waals surface area contributed by atoms with E-state index in [0.717, 1.165) is 17.3 Å². The molecule has 1 aliphatic rings. The molecule has 1 aromatic carbocycles. The van der Waals surface area contributed by atoms with Crippen LogP contribution in [-0.4, -0.2) is 31.6 Å². The molecule has 0 amide bonds. The van der Waals surface area contributed by atoms with Crippen molar-refractivity contribution in [2.24, 2.45) is 10.9 Å². The van der Waals surface area contributed by atoms with Gasteiger partial charge in [-0.05, 0) is 37.0 Å². The Bertz CT molecular complexity index is 578. The van der Waals surface area contributed by atoms with Crippen molar-refractivity contribution < 1.29 is 4.48 Å². The molecule has 1 N–H and O–H groups in total. The molecule has 1 atom stereocenters. The Morgan fingerprint density at radius 1 is 1.24 bits per heavy atom. The molecule has 3 nitrogen and oxygen atoms in total. The van der Waals surface area contributed by atoms with Gasteiger partial charge in [0.25, 0.3) is 0 Å². The van der Waals surface area contributed by atoms with Crippen molar-refractivity contribution >= 4 is 41.3 Å². The van der Waals surface area contributed by atoms with Gasteiger partial charge < -0.3 is 0 Å². The van der Waals surface area contributed by atoms with Gasteiger partial charge in [-0.2, -0.15) is 0 Å². The van der Waals surface area contributed by atoms with E-state index in [-0.39, 0.29) is 0 Å². The van der Waals surface area contributed by atoms with Gasteiger partial charge in [-0.15, -0.1) is 0 Å². The van der Waals surface area contributed by atoms with Gasteiger partial charge in [-0.25, -0.2) is 9.48 Å². The van der Waals surface area contributed by atoms with Gasteiger partial charge in [-0.3, -0.25) is 5.32 Å². The highest BCUT2D eigenvalue weighted by atomic mass is 35.5. The maximum atomic E-state index is 6.10. The van der Waals surface area contributed by atoms with E-state index in [4.69, 9.17) is 23.2 Å². The minimum atomic E-state index is 0.371. The van der Waals surface area contributed by atoms with Crippen molar-refractivity contribution in [3.8, 4) is 0 Å². The molecule has 0 fully saturated rings. The molecule has 2 rings (SSSR count). The lowest BCUT2D eigenvalue weighted by atomic mass is 10.1. The lowest BCUT2D eigenvalue weighted by molar-refractivity contribution is -0.765. The predicted octanol–water partition coefficient (Wildman–Crippen LogP) is 4.58. The third-order valence-corrected chi connectivity index (χ3v) is 4.95. The topological polar surface area (TPSA) is 24.4 Å². The molecular weight excluding hydrogens is 325 g/mol. The molecule has 21 heavy (non-hydrogen) atoms. The standard InChI is InChI=1S/C15H20Cl2N3S/c1-10(2)14-15(20(4,8-18-3)9-19-14)21-13-6-11(16)5-12(17)7-13/h5-7,9-10,18H,8H2,1-4H3/q+1. The SMILES string of the molecule is CNC[N+]1(C)C=NC(C(C)C)=C1Sc1cc(Cl)cc(Cl)c1. The van der Waals surface area contributed by atoms with Crippen LogP contribution < -0.4 is 5.32 Å². The van der Waals surface area contributed by atoms with Crippen LogP contribution in [0.25, 0.3) is 0 Å². The number of halogens is 2. The minimum Gasteiger partial charge on any atom is -0.273 e. The second kappa shape index (κ2) is 6.71. The smallest absolute Gasteiger partial charge is 0.201 e. The molecule has 0 aromatic heterocycles. The summed E-state index contributed by atoms with van der Waals surface area (Å²) in [6.45, 7) is 5.11. The molecule has 0 radical (unpaired) electrons. The number of nitrogens with one attached hydrogen (secondary N) is 1. The van der Waals surface area contributed by atoms with Crippen LogP contribution in [0.15, 0.2) is 38.8 Å². The van der Waals surface area contributed by atoms with Crippen molar-refractivity contribution in [2.45, 2.75) is 18.7 Å². The average molecular weight is 345 g/mol. The highest BCUT2D eigenvalue weighted by Gasteiger charge is 2.36. The highest BCUT2D eigenvalue weighted by molar-refractivity contribution is 8.02. The number of allylic oxidation sites excluding steroid dienone is 1. The normalized spacial score (nSPS) is 21.7. The van der Waals surface area contributed by atoms with E-state index >= 15 is 0 Å². The summed E-state index contributed by atoms with van der Waals surface area (Å²) >= 11 is 13.9. The van der Waals surface area contributed by atoms with Gasteiger partial charge >= 0.3 is 0 Å². The molecule has 1 unspecified atom stereocenters. The second-order valence-corrected chi connectivity index (χ2v) is 7.51. The zero-order valence-corrected chi connectivity index (χ0v) is 15.0. The van der Waals surface area contributed by atoms with E-state index < -0.39 is 0 Å². The first-order valence-corrected chi connectivity index (χ1v) is 8.36. The summed E-state index contributed by atoms with van der Waals surface area (Å²) in [5, 5.41) is 5.74. The fourth-order valence-electron chi connectivity index (χ4n) is 2.25. The number of rotatable bonds is 5. The third-order valence-electron chi connectivity index (χ3n) is 3.22. The molecule has 6 heteroatoms. The van der Waals surface area contributed by atoms with Crippen molar-refractivity contribution in [3.05, 3.63) is 39.0 Å². The third kappa shape index (κ3) is 3.82. The second-order valence-electron chi connectivity index (χ2n) is 5.58. The quantitative estimate of drug-likeness (QED) is 0.790. The van der Waals surface area contributed by atoms with Crippen LogP contribution >= 0.6 is 35.0 Å². The Balaban J connectivity index is 2.39. The molecule has 0 saturated heterocycles. The first-order valence-electron chi connectivity index (χ1n) is 6.79. The Kier molecular flexibility index (Phi) is 5.38. The van der Waals surface area contributed by atoms with Crippen LogP contribution in [0.1, 0.15) is 13.8 Å². The van der Waals surface area contributed by atoms with Gasteiger partial charge in [0.1, 0.15) is 12.4 Å². The molecular formula is C15H20Cl2N3S+. The monoisotopic (exact) mass is 344 g/mol. The van der Waals surface area contributed by atoms with E-state index in [1.54, 1.807) is 17.8 Å². The molecule has 0 bridgehead atoms. The zero-order valence-electron chi connectivity index (χ0n) is 12.7. The lowest BCUT2D eigenvalue weighted by Crippen LogP contribution is -2.45. The van der Waals surface area contributed by atoms with E-state index in [1.807, 2.05) is 25.5 Å². The van der Waals surface area contributed by atoms with Crippen LogP contribution in [0.3, 0.4) is 0 Å². The number of hydrogen-bond donors (Lipinski definition) is 1. The number of thioether (sulfide) groups is 1. The molecule has 0 spiro atoms. The fourth-order valence-corrected chi connectivity index (χ4v) is 4.22. The van der Waals surface area contributed by atoms with E-state index in [1.165, 1.54) is 5.03 Å². The van der Waals surface area contributed by atoms with Crippen LogP contribution in [0.5, 0.6) is 0 Å². The molecule has 0 saturated carbocycles. The Hall–Kier alpha value is -0.520. The van der Waals surface area contributed by atoms with Gasteiger partial charge in [0.15, 0.2) is 6.34 Å². The van der Waals surface area contributed by atoms with Crippen LogP contribution in [0.2, 0.25) is 10.0 Å². The molecule has 1 aliphatic heterocycles. The van der Waals surface area contributed by atoms with Crippen LogP contribution in [0.4, 0.5) is 0 Å². The first kappa shape index (κ1) is 16.8. The number of nitrogens with zero attached hydrogens (tertiary/aromatic N) is 2. The van der Waals surface area contributed by atoms with Gasteiger partial charge in [0, 0.05) is 20.9 Å². The maximum Gasteiger partial charge on any atom is 0.201 e. The Labute approximate surface area is 140 Å². The summed E-state index contributed by atoms with van der Waals surface area (Å²) in [4.78, 5) is 5.66. The summed E-state index contributed by atoms with van der Waals surface area (Å²) in [6.07, 6.45) is 1.99. The largest absolute Gasteiger partial charge is 0.273 e. The highest BCUT2D eigenvalue weighted by Crippen LogP contribution is 2.41. The van der Waals surface area contributed by atoms with E-state index in [9.17, 15) is 0 Å². The number of hydrogen-bond acceptors (Lipinski definition) is 3. The van der Waals surface area contributed by atoms with Gasteiger partial charge in [0.05, 0.1) is 7.05 Å². The average Bonchev–Trinajstić information content (AvgIpc) is 2.66. The zero-order chi connectivity index (χ0) is 15.6. The summed E-state index contributed by atoms with van der Waals surface area (Å²) in [6, 6.07) is 5.62. The number of aliphatic imine (C=N–C) groups is 1. The van der Waals surface area contributed by atoms with Crippen molar-refractivity contribution in [3.63, 3.8) is 0 Å². The summed E-state index contributed by atoms with van der Waals surface area (Å²) < 4.78 is 0.638. The van der Waals surface area contributed by atoms with Crippen LogP contribution in [-0.2, 0) is 0 Å². The van der Waals surface area contributed by atoms with Crippen LogP contribution in [0, 0.1) is 5.92 Å². The first-order chi connectivity index (χ1) is 9.85. The Morgan fingerprint density at radius 2 is 1.86 bits per heavy atom. The predicted molar refractivity (Wildman–Crippen MR) is 92.8 cm³/mol. The molecule has 1 heterocycles. The number of quaternary nitrogens is 1. The maximum absolute atomic E-state index is 6.10. The van der Waals surface area contributed by atoms with E-state index in [2.05, 4.69) is 31.2 Å². The van der Waals surface area contributed by atoms with Gasteiger partial charge in [0.2, 0.25) is 5.03 Å². The van der Waals surface area contributed by atoms with Gasteiger partial charge in [-0.1, -0.05) is 37.0 Å². The molecule has 114 valence electrons. The lowest BCUT2D eigenvalue weighted by Gasteiger charge is -2.27. The molecule has 1 aromatic rings. The Morgan fingerprint density at radius 3 is 2.38 bits per heavy atom. The number of benzene rings is 1. The summed E-state index contributed by atoms with van der Waals surface area (Å²) in [5.74, 6) is 0.371. The summed E-state index contributed by atoms with van der Waals surface area (Å²) in [7, 11) is 4.09. The van der Waals surface area contributed by atoms with Crippen molar-refractivity contribution in [1.29, 1.82) is 0 Å². The fraction of sp³-hybridized carbons (Fsp3) is 0.400. The van der Waals surface area contributed by atoms with Crippen molar-refractivity contribution in [2.75, 3.05) is 20.8 Å². The van der Waals surface area contributed by atoms with Crippen molar-refractivity contribution in [1.82, 2.24) is 5.32 Å². The minimum absolute atomic E-state index is 0.371. The molecule has 0 aliphatic carbocycles. The summed E-state index contributed by atoms with van der Waals surface area (Å²) in [5.41, 5.74) is 1.12.